The third-order valence-electron chi connectivity index (χ3n) is 5.25. The molecule has 0 spiro atoms. The van der Waals surface area contributed by atoms with E-state index in [0.717, 1.165) is 6.07 Å². The quantitative estimate of drug-likeness (QED) is 0.225. The van der Waals surface area contributed by atoms with Crippen molar-refractivity contribution in [1.29, 1.82) is 0 Å². The molecule has 30 heavy (non-hydrogen) atoms. The lowest BCUT2D eigenvalue weighted by Gasteiger charge is -2.36. The Labute approximate surface area is 185 Å². The molecule has 0 fully saturated rings. The summed E-state index contributed by atoms with van der Waals surface area (Å²) in [6, 6.07) is 7.65. The molecule has 0 saturated carbocycles. The van der Waals surface area contributed by atoms with Gasteiger partial charge in [-0.2, -0.15) is 13.2 Å². The first-order valence-electron chi connectivity index (χ1n) is 9.75. The van der Waals surface area contributed by atoms with Crippen LogP contribution in [-0.4, -0.2) is 24.9 Å². The summed E-state index contributed by atoms with van der Waals surface area (Å²) in [5.74, 6) is 0.386. The molecule has 0 aliphatic rings. The molecule has 0 aromatic carbocycles. The summed E-state index contributed by atoms with van der Waals surface area (Å²) >= 11 is 3.27. The molecule has 9 heteroatoms. The molecular weight excluding hydrogens is 477 g/mol. The highest BCUT2D eigenvalue weighted by Gasteiger charge is 2.37. The molecule has 0 unspecified atom stereocenters. The summed E-state index contributed by atoms with van der Waals surface area (Å²) in [6.07, 6.45) is -3.52. The maximum Gasteiger partial charge on any atom is 0.433 e. The van der Waals surface area contributed by atoms with Gasteiger partial charge in [-0.3, -0.25) is 0 Å². The van der Waals surface area contributed by atoms with E-state index in [9.17, 15) is 13.2 Å². The lowest BCUT2D eigenvalue weighted by molar-refractivity contribution is -0.141. The number of halogens is 4. The molecule has 0 atom stereocenters. The summed E-state index contributed by atoms with van der Waals surface area (Å²) in [6.45, 7) is 11.3. The lowest BCUT2D eigenvalue weighted by Crippen LogP contribution is -2.41. The van der Waals surface area contributed by atoms with Crippen molar-refractivity contribution >= 4 is 24.2 Å². The Morgan fingerprint density at radius 2 is 1.73 bits per heavy atom. The number of aromatic nitrogens is 2. The van der Waals surface area contributed by atoms with Gasteiger partial charge in [0.1, 0.15) is 16.9 Å². The van der Waals surface area contributed by atoms with Gasteiger partial charge in [0, 0.05) is 23.9 Å². The van der Waals surface area contributed by atoms with Crippen molar-refractivity contribution < 1.29 is 22.3 Å². The molecule has 0 bridgehead atoms. The van der Waals surface area contributed by atoms with Crippen LogP contribution in [0.2, 0.25) is 18.1 Å². The number of aryl methyl sites for hydroxylation is 1. The topological polar surface area (TPSA) is 44.2 Å². The van der Waals surface area contributed by atoms with Gasteiger partial charge in [0.2, 0.25) is 5.88 Å². The van der Waals surface area contributed by atoms with Crippen molar-refractivity contribution in [1.82, 2.24) is 9.97 Å². The van der Waals surface area contributed by atoms with Crippen LogP contribution in [0, 0.1) is 0 Å². The molecule has 2 aromatic rings. The van der Waals surface area contributed by atoms with E-state index >= 15 is 0 Å². The Morgan fingerprint density at radius 3 is 2.33 bits per heavy atom. The van der Waals surface area contributed by atoms with Gasteiger partial charge in [-0.15, -0.1) is 0 Å². The number of hydrogen-bond acceptors (Lipinski definition) is 4. The van der Waals surface area contributed by atoms with Gasteiger partial charge >= 0.3 is 6.18 Å². The second-order valence-electron chi connectivity index (χ2n) is 8.60. The second kappa shape index (κ2) is 9.78. The fraction of sp³-hybridized carbons (Fsp3) is 0.524. The smallest absolute Gasteiger partial charge is 0.433 e. The van der Waals surface area contributed by atoms with Crippen LogP contribution >= 0.6 is 15.9 Å². The van der Waals surface area contributed by atoms with Gasteiger partial charge in [-0.05, 0) is 59.0 Å². The van der Waals surface area contributed by atoms with E-state index in [-0.39, 0.29) is 11.6 Å². The van der Waals surface area contributed by atoms with Crippen molar-refractivity contribution in [3.05, 3.63) is 51.9 Å². The van der Waals surface area contributed by atoms with Crippen LogP contribution in [0.1, 0.15) is 44.1 Å². The molecule has 4 nitrogen and oxygen atoms in total. The highest BCUT2D eigenvalue weighted by Crippen LogP contribution is 2.36. The summed E-state index contributed by atoms with van der Waals surface area (Å²) in [4.78, 5) is 8.06. The standard InChI is InChI=1S/C21H28BrF3N2O2Si/c1-20(2,3)30(4,5)29-13-7-8-16-15(11-12-17(26-16)21(23,24)25)14-28-19-10-6-9-18(22)27-19/h6,9-12H,7-8,13-14H2,1-5H3. The number of ether oxygens (including phenoxy) is 1. The molecule has 0 aliphatic heterocycles. The summed E-state index contributed by atoms with van der Waals surface area (Å²) < 4.78 is 51.8. The van der Waals surface area contributed by atoms with Gasteiger partial charge in [0.25, 0.3) is 0 Å². The highest BCUT2D eigenvalue weighted by atomic mass is 79.9. The molecule has 0 amide bonds. The van der Waals surface area contributed by atoms with Crippen molar-refractivity contribution in [2.75, 3.05) is 6.61 Å². The first-order valence-corrected chi connectivity index (χ1v) is 13.4. The molecule has 166 valence electrons. The summed E-state index contributed by atoms with van der Waals surface area (Å²) in [5.41, 5.74) is 0.0860. The van der Waals surface area contributed by atoms with Crippen LogP contribution in [0.5, 0.6) is 5.88 Å². The van der Waals surface area contributed by atoms with Crippen molar-refractivity contribution in [3.8, 4) is 5.88 Å². The minimum atomic E-state index is -4.49. The van der Waals surface area contributed by atoms with E-state index in [1.807, 2.05) is 0 Å². The van der Waals surface area contributed by atoms with E-state index in [1.165, 1.54) is 6.07 Å². The molecule has 2 rings (SSSR count). The van der Waals surface area contributed by atoms with E-state index in [4.69, 9.17) is 9.16 Å². The molecule has 0 aliphatic carbocycles. The van der Waals surface area contributed by atoms with Gasteiger partial charge in [-0.1, -0.05) is 32.9 Å². The monoisotopic (exact) mass is 504 g/mol. The van der Waals surface area contributed by atoms with Crippen molar-refractivity contribution in [3.63, 3.8) is 0 Å². The van der Waals surface area contributed by atoms with E-state index in [0.29, 0.717) is 41.2 Å². The average molecular weight is 505 g/mol. The van der Waals surface area contributed by atoms with Crippen LogP contribution in [0.4, 0.5) is 13.2 Å². The maximum atomic E-state index is 13.1. The van der Waals surface area contributed by atoms with Crippen LogP contribution in [0.15, 0.2) is 34.9 Å². The number of rotatable bonds is 8. The molecule has 2 heterocycles. The zero-order valence-corrected chi connectivity index (χ0v) is 20.5. The number of nitrogens with zero attached hydrogens (tertiary/aromatic N) is 2. The third-order valence-corrected chi connectivity index (χ3v) is 10.2. The van der Waals surface area contributed by atoms with Gasteiger partial charge in [0.15, 0.2) is 8.32 Å². The molecule has 0 radical (unpaired) electrons. The zero-order valence-electron chi connectivity index (χ0n) is 17.9. The lowest BCUT2D eigenvalue weighted by atomic mass is 10.1. The second-order valence-corrected chi connectivity index (χ2v) is 14.2. The first kappa shape index (κ1) is 24.8. The van der Waals surface area contributed by atoms with E-state index < -0.39 is 20.2 Å². The number of alkyl halides is 3. The maximum absolute atomic E-state index is 13.1. The van der Waals surface area contributed by atoms with Gasteiger partial charge < -0.3 is 9.16 Å². The third kappa shape index (κ3) is 7.06. The van der Waals surface area contributed by atoms with Gasteiger partial charge in [-0.25, -0.2) is 9.97 Å². The molecule has 0 saturated heterocycles. The Hall–Kier alpha value is -1.45. The number of pyridine rings is 2. The SMILES string of the molecule is CC(C)(C)[Si](C)(C)OCCCc1nc(C(F)(F)F)ccc1COc1cccc(Br)n1. The van der Waals surface area contributed by atoms with Crippen LogP contribution in [0.25, 0.3) is 0 Å². The molecule has 2 aromatic heterocycles. The average Bonchev–Trinajstić information content (AvgIpc) is 2.62. The van der Waals surface area contributed by atoms with Crippen LogP contribution in [-0.2, 0) is 23.6 Å². The Balaban J connectivity index is 2.10. The zero-order chi connectivity index (χ0) is 22.6. The first-order chi connectivity index (χ1) is 13.8. The van der Waals surface area contributed by atoms with Gasteiger partial charge in [0.05, 0.1) is 0 Å². The highest BCUT2D eigenvalue weighted by molar-refractivity contribution is 9.10. The minimum absolute atomic E-state index is 0.0808. The predicted octanol–water partition coefficient (Wildman–Crippen LogP) is 6.79. The largest absolute Gasteiger partial charge is 0.473 e. The molecular formula is C21H28BrF3N2O2Si. The van der Waals surface area contributed by atoms with Crippen LogP contribution < -0.4 is 4.74 Å². The Bertz CT molecular complexity index is 855. The molecule has 0 N–H and O–H groups in total. The van der Waals surface area contributed by atoms with Crippen molar-refractivity contribution in [2.24, 2.45) is 0 Å². The minimum Gasteiger partial charge on any atom is -0.473 e. The fourth-order valence-corrected chi connectivity index (χ4v) is 3.86. The normalized spacial score (nSPS) is 12.8. The van der Waals surface area contributed by atoms with E-state index in [1.54, 1.807) is 18.2 Å². The number of hydrogen-bond donors (Lipinski definition) is 0. The Morgan fingerprint density at radius 1 is 1.03 bits per heavy atom. The predicted molar refractivity (Wildman–Crippen MR) is 117 cm³/mol. The fourth-order valence-electron chi connectivity index (χ4n) is 2.44. The van der Waals surface area contributed by atoms with Crippen molar-refractivity contribution in [2.45, 2.75) is 64.5 Å². The summed E-state index contributed by atoms with van der Waals surface area (Å²) in [7, 11) is -1.90. The Kier molecular flexibility index (Phi) is 8.09. The van der Waals surface area contributed by atoms with E-state index in [2.05, 4.69) is 59.8 Å². The van der Waals surface area contributed by atoms with Crippen LogP contribution in [0.3, 0.4) is 0 Å². The summed E-state index contributed by atoms with van der Waals surface area (Å²) in [5, 5.41) is 0.0808.